The van der Waals surface area contributed by atoms with Crippen LogP contribution in [0.5, 0.6) is 0 Å². The number of carbonyl (C=O) groups excluding carboxylic acids is 1. The molecular weight excluding hydrogens is 348 g/mol. The fraction of sp³-hybridized carbons (Fsp3) is 0. The number of anilines is 1. The predicted molar refractivity (Wildman–Crippen MR) is 101 cm³/mol. The number of aromatic nitrogens is 3. The van der Waals surface area contributed by atoms with Crippen LogP contribution in [-0.2, 0) is 0 Å². The van der Waals surface area contributed by atoms with Crippen LogP contribution in [0.25, 0.3) is 32.4 Å². The number of pyridine rings is 1. The lowest BCUT2D eigenvalue weighted by molar-refractivity contribution is 0.103. The summed E-state index contributed by atoms with van der Waals surface area (Å²) in [7, 11) is 0. The van der Waals surface area contributed by atoms with Crippen LogP contribution in [0.2, 0.25) is 0 Å². The van der Waals surface area contributed by atoms with E-state index in [1.807, 2.05) is 42.5 Å². The van der Waals surface area contributed by atoms with Crippen molar-refractivity contribution >= 4 is 44.1 Å². The number of nitrogens with one attached hydrogen (secondary N) is 2. The first kappa shape index (κ1) is 14.9. The number of benzene rings is 1. The lowest BCUT2D eigenvalue weighted by Gasteiger charge is -2.04. The van der Waals surface area contributed by atoms with Gasteiger partial charge in [-0.2, -0.15) is 5.10 Å². The molecule has 0 saturated carbocycles. The molecular formula is C19H12N4O2S. The third-order valence-electron chi connectivity index (χ3n) is 4.13. The molecule has 0 unspecified atom stereocenters. The minimum atomic E-state index is -0.152. The van der Waals surface area contributed by atoms with Crippen LogP contribution in [0.1, 0.15) is 9.67 Å². The number of furan rings is 1. The van der Waals surface area contributed by atoms with Gasteiger partial charge in [0.2, 0.25) is 0 Å². The quantitative estimate of drug-likeness (QED) is 0.489. The minimum absolute atomic E-state index is 0.152. The summed E-state index contributed by atoms with van der Waals surface area (Å²) in [5.41, 5.74) is 4.10. The van der Waals surface area contributed by atoms with E-state index in [9.17, 15) is 4.79 Å². The molecule has 0 aliphatic carbocycles. The summed E-state index contributed by atoms with van der Waals surface area (Å²) in [6.07, 6.45) is 4.98. The molecule has 1 aromatic carbocycles. The molecule has 0 spiro atoms. The predicted octanol–water partition coefficient (Wildman–Crippen LogP) is 4.68. The van der Waals surface area contributed by atoms with Gasteiger partial charge in [0.1, 0.15) is 5.69 Å². The summed E-state index contributed by atoms with van der Waals surface area (Å²) in [5, 5.41) is 11.2. The van der Waals surface area contributed by atoms with Crippen LogP contribution < -0.4 is 5.32 Å². The molecule has 4 aromatic heterocycles. The van der Waals surface area contributed by atoms with Gasteiger partial charge in [0.05, 0.1) is 33.1 Å². The molecule has 0 aliphatic heterocycles. The molecule has 2 N–H and O–H groups in total. The van der Waals surface area contributed by atoms with Crippen LogP contribution >= 0.6 is 11.3 Å². The third-order valence-corrected chi connectivity index (χ3v) is 5.21. The maximum Gasteiger partial charge on any atom is 0.265 e. The fourth-order valence-corrected chi connectivity index (χ4v) is 3.80. The Balaban J connectivity index is 1.49. The summed E-state index contributed by atoms with van der Waals surface area (Å²) < 4.78 is 6.13. The first-order valence-electron chi connectivity index (χ1n) is 7.94. The number of amides is 1. The number of hydrogen-bond donors (Lipinski definition) is 2. The summed E-state index contributed by atoms with van der Waals surface area (Å²) >= 11 is 1.43. The van der Waals surface area contributed by atoms with Gasteiger partial charge in [-0.25, -0.2) is 0 Å². The van der Waals surface area contributed by atoms with Gasteiger partial charge in [-0.3, -0.25) is 14.9 Å². The number of aromatic amines is 1. The Bertz CT molecular complexity index is 1200. The number of thiophene rings is 1. The lowest BCUT2D eigenvalue weighted by Crippen LogP contribution is -2.09. The van der Waals surface area contributed by atoms with E-state index < -0.39 is 0 Å². The van der Waals surface area contributed by atoms with Gasteiger partial charge in [0.15, 0.2) is 0 Å². The molecule has 0 radical (unpaired) electrons. The van der Waals surface area contributed by atoms with Crippen LogP contribution in [0.4, 0.5) is 5.69 Å². The molecule has 1 amide bonds. The zero-order valence-electron chi connectivity index (χ0n) is 13.4. The normalized spacial score (nSPS) is 11.2. The third kappa shape index (κ3) is 2.46. The van der Waals surface area contributed by atoms with Gasteiger partial charge in [-0.05, 0) is 42.5 Å². The maximum atomic E-state index is 12.6. The second-order valence-corrected chi connectivity index (χ2v) is 6.88. The van der Waals surface area contributed by atoms with Crippen LogP contribution in [0.3, 0.4) is 0 Å². The van der Waals surface area contributed by atoms with Gasteiger partial charge in [-0.1, -0.05) is 0 Å². The standard InChI is InChI=1S/C19H12N4O2S/c24-19(17-9-15-16(26-17)2-1-6-20-15)21-12-3-4-14-13(8-12)18(23-22-14)11-5-7-25-10-11/h1-10H,(H,21,24)(H,22,23). The summed E-state index contributed by atoms with van der Waals surface area (Å²) in [6.45, 7) is 0. The zero-order valence-corrected chi connectivity index (χ0v) is 14.2. The van der Waals surface area contributed by atoms with E-state index in [4.69, 9.17) is 4.42 Å². The highest BCUT2D eigenvalue weighted by Crippen LogP contribution is 2.29. The van der Waals surface area contributed by atoms with Crippen LogP contribution in [0, 0.1) is 0 Å². The molecule has 6 nitrogen and oxygen atoms in total. The highest BCUT2D eigenvalue weighted by molar-refractivity contribution is 7.20. The van der Waals surface area contributed by atoms with Crippen molar-refractivity contribution in [2.75, 3.05) is 5.32 Å². The van der Waals surface area contributed by atoms with Crippen molar-refractivity contribution in [1.82, 2.24) is 15.2 Å². The summed E-state index contributed by atoms with van der Waals surface area (Å²) in [6, 6.07) is 13.1. The highest BCUT2D eigenvalue weighted by Gasteiger charge is 2.13. The number of fused-ring (bicyclic) bond motifs is 2. The molecule has 0 bridgehead atoms. The first-order chi connectivity index (χ1) is 12.8. The van der Waals surface area contributed by atoms with Crippen LogP contribution in [-0.4, -0.2) is 21.1 Å². The molecule has 0 aliphatic rings. The Morgan fingerprint density at radius 1 is 1.19 bits per heavy atom. The van der Waals surface area contributed by atoms with E-state index in [1.54, 1.807) is 18.7 Å². The number of hydrogen-bond acceptors (Lipinski definition) is 5. The largest absolute Gasteiger partial charge is 0.472 e. The van der Waals surface area contributed by atoms with Gasteiger partial charge >= 0.3 is 0 Å². The first-order valence-corrected chi connectivity index (χ1v) is 8.76. The van der Waals surface area contributed by atoms with Gasteiger partial charge in [0.25, 0.3) is 5.91 Å². The average Bonchev–Trinajstić information content (AvgIpc) is 3.39. The SMILES string of the molecule is O=C(Nc1ccc2[nH]nc(-c3ccoc3)c2c1)c1cc2ncccc2s1. The van der Waals surface area contributed by atoms with E-state index in [1.165, 1.54) is 11.3 Å². The Morgan fingerprint density at radius 2 is 2.15 bits per heavy atom. The lowest BCUT2D eigenvalue weighted by atomic mass is 10.1. The molecule has 5 rings (SSSR count). The van der Waals surface area contributed by atoms with E-state index >= 15 is 0 Å². The summed E-state index contributed by atoms with van der Waals surface area (Å²) in [5.74, 6) is -0.152. The topological polar surface area (TPSA) is 83.8 Å². The van der Waals surface area contributed by atoms with Crippen molar-refractivity contribution in [1.29, 1.82) is 0 Å². The summed E-state index contributed by atoms with van der Waals surface area (Å²) in [4.78, 5) is 17.5. The molecule has 26 heavy (non-hydrogen) atoms. The molecule has 4 heterocycles. The average molecular weight is 360 g/mol. The highest BCUT2D eigenvalue weighted by atomic mass is 32.1. The van der Waals surface area contributed by atoms with Crippen molar-refractivity contribution in [2.45, 2.75) is 0 Å². The van der Waals surface area contributed by atoms with E-state index in [2.05, 4.69) is 20.5 Å². The number of H-pyrrole nitrogens is 1. The number of carbonyl (C=O) groups is 1. The van der Waals surface area contributed by atoms with Crippen LogP contribution in [0.15, 0.2) is 65.6 Å². The molecule has 0 atom stereocenters. The van der Waals surface area contributed by atoms with Gasteiger partial charge in [0, 0.05) is 22.8 Å². The maximum absolute atomic E-state index is 12.6. The van der Waals surface area contributed by atoms with Crippen molar-refractivity contribution in [3.63, 3.8) is 0 Å². The second-order valence-electron chi connectivity index (χ2n) is 5.80. The van der Waals surface area contributed by atoms with Crippen molar-refractivity contribution < 1.29 is 9.21 Å². The molecule has 0 saturated heterocycles. The number of rotatable bonds is 3. The molecule has 126 valence electrons. The monoisotopic (exact) mass is 360 g/mol. The smallest absolute Gasteiger partial charge is 0.265 e. The Kier molecular flexibility index (Phi) is 3.32. The van der Waals surface area contributed by atoms with E-state index in [0.717, 1.165) is 32.4 Å². The Hall–Kier alpha value is -3.45. The molecule has 0 fully saturated rings. The Morgan fingerprint density at radius 3 is 3.00 bits per heavy atom. The number of nitrogens with zero attached hydrogens (tertiary/aromatic N) is 2. The van der Waals surface area contributed by atoms with Crippen molar-refractivity contribution in [2.24, 2.45) is 0 Å². The zero-order chi connectivity index (χ0) is 17.5. The van der Waals surface area contributed by atoms with Crippen molar-refractivity contribution in [3.8, 4) is 11.3 Å². The molecule has 7 heteroatoms. The second kappa shape index (κ2) is 5.82. The van der Waals surface area contributed by atoms with Gasteiger partial charge in [-0.15, -0.1) is 11.3 Å². The van der Waals surface area contributed by atoms with E-state index in [0.29, 0.717) is 10.6 Å². The Labute approximate surface area is 151 Å². The van der Waals surface area contributed by atoms with Crippen molar-refractivity contribution in [3.05, 3.63) is 66.1 Å². The fourth-order valence-electron chi connectivity index (χ4n) is 2.89. The van der Waals surface area contributed by atoms with E-state index in [-0.39, 0.29) is 5.91 Å². The molecule has 5 aromatic rings. The minimum Gasteiger partial charge on any atom is -0.472 e. The van der Waals surface area contributed by atoms with Gasteiger partial charge < -0.3 is 9.73 Å².